The minimum Gasteiger partial charge on any atom is -0.342 e. The number of amides is 1. The summed E-state index contributed by atoms with van der Waals surface area (Å²) >= 11 is 0. The number of rotatable bonds is 6. The number of hydrogen-bond donors (Lipinski definition) is 1. The molecule has 31 heavy (non-hydrogen) atoms. The average molecular weight is 416 g/mol. The summed E-state index contributed by atoms with van der Waals surface area (Å²) in [7, 11) is 0. The van der Waals surface area contributed by atoms with Crippen LogP contribution in [-0.4, -0.2) is 21.6 Å². The largest absolute Gasteiger partial charge is 0.342 e. The summed E-state index contributed by atoms with van der Waals surface area (Å²) in [6.07, 6.45) is 3.36. The highest BCUT2D eigenvalue weighted by molar-refractivity contribution is 6.00. The van der Waals surface area contributed by atoms with Gasteiger partial charge >= 0.3 is 0 Å². The van der Waals surface area contributed by atoms with Crippen molar-refractivity contribution in [1.82, 2.24) is 9.99 Å². The van der Waals surface area contributed by atoms with Crippen LogP contribution in [0.4, 0.5) is 10.1 Å². The smallest absolute Gasteiger partial charge is 0.271 e. The van der Waals surface area contributed by atoms with Gasteiger partial charge < -0.3 is 4.57 Å². The number of nitro benzene ring substituents is 1. The summed E-state index contributed by atoms with van der Waals surface area (Å²) in [6.45, 7) is 0.357. The molecule has 0 aliphatic carbocycles. The lowest BCUT2D eigenvalue weighted by molar-refractivity contribution is -0.384. The molecule has 0 spiro atoms. The first-order valence-electron chi connectivity index (χ1n) is 9.42. The molecule has 0 aliphatic heterocycles. The minimum absolute atomic E-state index is 0.0947. The van der Waals surface area contributed by atoms with Crippen LogP contribution in [0.1, 0.15) is 21.5 Å². The predicted octanol–water partition coefficient (Wildman–Crippen LogP) is 4.50. The summed E-state index contributed by atoms with van der Waals surface area (Å²) in [4.78, 5) is 22.4. The van der Waals surface area contributed by atoms with Gasteiger partial charge in [0, 0.05) is 45.9 Å². The molecule has 0 atom stereocenters. The summed E-state index contributed by atoms with van der Waals surface area (Å²) in [5.74, 6) is -0.757. The van der Waals surface area contributed by atoms with Crippen LogP contribution in [0, 0.1) is 15.9 Å². The third-order valence-corrected chi connectivity index (χ3v) is 4.83. The van der Waals surface area contributed by atoms with Crippen LogP contribution < -0.4 is 5.43 Å². The number of aromatic nitrogens is 1. The van der Waals surface area contributed by atoms with Crippen molar-refractivity contribution >= 4 is 28.7 Å². The van der Waals surface area contributed by atoms with E-state index in [1.807, 2.05) is 35.0 Å². The number of carbonyl (C=O) groups is 1. The van der Waals surface area contributed by atoms with Crippen LogP contribution >= 0.6 is 0 Å². The van der Waals surface area contributed by atoms with E-state index in [1.54, 1.807) is 18.2 Å². The number of nitro groups is 1. The molecule has 4 aromatic rings. The molecule has 0 unspecified atom stereocenters. The number of non-ortho nitro benzene ring substituents is 1. The first-order valence-corrected chi connectivity index (χ1v) is 9.42. The van der Waals surface area contributed by atoms with Gasteiger partial charge in [0.1, 0.15) is 5.82 Å². The molecule has 0 radical (unpaired) electrons. The summed E-state index contributed by atoms with van der Waals surface area (Å²) in [5, 5.41) is 15.6. The minimum atomic E-state index is -0.531. The number of hydrazone groups is 1. The molecule has 8 heteroatoms. The first-order chi connectivity index (χ1) is 15.0. The van der Waals surface area contributed by atoms with Gasteiger partial charge in [-0.1, -0.05) is 36.4 Å². The van der Waals surface area contributed by atoms with Crippen molar-refractivity contribution in [1.29, 1.82) is 0 Å². The van der Waals surface area contributed by atoms with Gasteiger partial charge in [-0.25, -0.2) is 9.82 Å². The molecule has 0 saturated heterocycles. The highest BCUT2D eigenvalue weighted by Gasteiger charge is 2.11. The van der Waals surface area contributed by atoms with Gasteiger partial charge in [0.2, 0.25) is 0 Å². The first kappa shape index (κ1) is 20.0. The van der Waals surface area contributed by atoms with E-state index in [9.17, 15) is 19.3 Å². The molecule has 0 fully saturated rings. The Balaban J connectivity index is 1.54. The summed E-state index contributed by atoms with van der Waals surface area (Å²) < 4.78 is 16.0. The monoisotopic (exact) mass is 416 g/mol. The fraction of sp³-hybridized carbons (Fsp3) is 0.0435. The quantitative estimate of drug-likeness (QED) is 0.285. The van der Waals surface area contributed by atoms with Gasteiger partial charge in [-0.3, -0.25) is 14.9 Å². The van der Waals surface area contributed by atoms with Gasteiger partial charge in [-0.15, -0.1) is 0 Å². The van der Waals surface area contributed by atoms with Crippen LogP contribution in [0.15, 0.2) is 84.1 Å². The number of hydrogen-bond acceptors (Lipinski definition) is 4. The maximum atomic E-state index is 14.1. The lowest BCUT2D eigenvalue weighted by Crippen LogP contribution is -2.17. The number of para-hydroxylation sites is 1. The Morgan fingerprint density at radius 1 is 1.06 bits per heavy atom. The molecule has 1 aromatic heterocycles. The number of carbonyl (C=O) groups excluding carboxylic acids is 1. The normalized spacial score (nSPS) is 11.1. The molecule has 0 bridgehead atoms. The summed E-state index contributed by atoms with van der Waals surface area (Å²) in [6, 6.07) is 19.5. The van der Waals surface area contributed by atoms with Crippen LogP contribution in [0.25, 0.3) is 10.9 Å². The van der Waals surface area contributed by atoms with Gasteiger partial charge in [0.15, 0.2) is 0 Å². The fourth-order valence-electron chi connectivity index (χ4n) is 3.28. The van der Waals surface area contributed by atoms with E-state index in [2.05, 4.69) is 10.5 Å². The third-order valence-electron chi connectivity index (χ3n) is 4.83. The Labute approximate surface area is 176 Å². The van der Waals surface area contributed by atoms with E-state index in [1.165, 1.54) is 36.5 Å². The summed E-state index contributed by atoms with van der Waals surface area (Å²) in [5.41, 5.74) is 4.82. The molecule has 7 nitrogen and oxygen atoms in total. The SMILES string of the molecule is O=C(NN=Cc1cn(Cc2ccccc2F)c2ccccc12)c1ccc([N+](=O)[O-])cc1. The Kier molecular flexibility index (Phi) is 5.53. The van der Waals surface area contributed by atoms with Crippen LogP contribution in [0.2, 0.25) is 0 Å². The Morgan fingerprint density at radius 2 is 1.77 bits per heavy atom. The van der Waals surface area contributed by atoms with Gasteiger partial charge in [-0.2, -0.15) is 5.10 Å². The number of nitrogens with one attached hydrogen (secondary N) is 1. The average Bonchev–Trinajstić information content (AvgIpc) is 3.13. The molecule has 4 rings (SSSR count). The van der Waals surface area contributed by atoms with Gasteiger partial charge in [0.25, 0.3) is 11.6 Å². The van der Waals surface area contributed by atoms with E-state index in [-0.39, 0.29) is 17.1 Å². The van der Waals surface area contributed by atoms with Crippen molar-refractivity contribution in [3.8, 4) is 0 Å². The van der Waals surface area contributed by atoms with Crippen molar-refractivity contribution in [2.45, 2.75) is 6.54 Å². The second-order valence-electron chi connectivity index (χ2n) is 6.82. The molecule has 1 amide bonds. The van der Waals surface area contributed by atoms with Crippen LogP contribution in [0.5, 0.6) is 0 Å². The highest BCUT2D eigenvalue weighted by Crippen LogP contribution is 2.22. The molecule has 0 saturated carbocycles. The third kappa shape index (κ3) is 4.32. The Bertz CT molecular complexity index is 1300. The Hall–Kier alpha value is -4.33. The zero-order chi connectivity index (χ0) is 21.8. The number of nitrogens with zero attached hydrogens (tertiary/aromatic N) is 3. The molecule has 154 valence electrons. The van der Waals surface area contributed by atoms with Crippen LogP contribution in [-0.2, 0) is 6.54 Å². The number of benzene rings is 3. The van der Waals surface area contributed by atoms with E-state index in [0.29, 0.717) is 12.1 Å². The predicted molar refractivity (Wildman–Crippen MR) is 116 cm³/mol. The highest BCUT2D eigenvalue weighted by atomic mass is 19.1. The topological polar surface area (TPSA) is 89.5 Å². The molecule has 0 aliphatic rings. The molecule has 1 N–H and O–H groups in total. The Morgan fingerprint density at radius 3 is 2.52 bits per heavy atom. The number of fused-ring (bicyclic) bond motifs is 1. The van der Waals surface area contributed by atoms with Gasteiger partial charge in [-0.05, 0) is 24.3 Å². The van der Waals surface area contributed by atoms with E-state index in [0.717, 1.165) is 16.5 Å². The van der Waals surface area contributed by atoms with Gasteiger partial charge in [0.05, 0.1) is 17.7 Å². The lowest BCUT2D eigenvalue weighted by Gasteiger charge is -2.06. The van der Waals surface area contributed by atoms with Crippen LogP contribution in [0.3, 0.4) is 0 Å². The van der Waals surface area contributed by atoms with Crippen molar-refractivity contribution in [2.75, 3.05) is 0 Å². The second-order valence-corrected chi connectivity index (χ2v) is 6.82. The zero-order valence-electron chi connectivity index (χ0n) is 16.2. The zero-order valence-corrected chi connectivity index (χ0v) is 16.2. The maximum Gasteiger partial charge on any atom is 0.271 e. The molecule has 1 heterocycles. The van der Waals surface area contributed by atoms with Crippen molar-refractivity contribution < 1.29 is 14.1 Å². The van der Waals surface area contributed by atoms with E-state index >= 15 is 0 Å². The maximum absolute atomic E-state index is 14.1. The van der Waals surface area contributed by atoms with E-state index in [4.69, 9.17) is 0 Å². The standard InChI is InChI=1S/C23H17FN4O3/c24-21-7-3-1-5-17(21)14-27-15-18(20-6-2-4-8-22(20)27)13-25-26-23(29)16-9-11-19(12-10-16)28(30)31/h1-13,15H,14H2,(H,26,29). The molecular weight excluding hydrogens is 399 g/mol. The van der Waals surface area contributed by atoms with Crippen molar-refractivity contribution in [3.63, 3.8) is 0 Å². The fourth-order valence-corrected chi connectivity index (χ4v) is 3.28. The van der Waals surface area contributed by atoms with Crippen molar-refractivity contribution in [3.05, 3.63) is 112 Å². The second kappa shape index (κ2) is 8.58. The van der Waals surface area contributed by atoms with E-state index < -0.39 is 10.8 Å². The molecule has 3 aromatic carbocycles. The lowest BCUT2D eigenvalue weighted by atomic mass is 10.2. The number of halogens is 1. The van der Waals surface area contributed by atoms with Crippen molar-refractivity contribution in [2.24, 2.45) is 5.10 Å². The molecular formula is C23H17FN4O3.